The van der Waals surface area contributed by atoms with E-state index in [1.807, 2.05) is 17.0 Å². The lowest BCUT2D eigenvalue weighted by Crippen LogP contribution is -2.43. The van der Waals surface area contributed by atoms with Crippen molar-refractivity contribution in [3.63, 3.8) is 0 Å². The van der Waals surface area contributed by atoms with Gasteiger partial charge in [-0.3, -0.25) is 4.79 Å². The van der Waals surface area contributed by atoms with E-state index in [-0.39, 0.29) is 12.5 Å². The molecule has 1 amide bonds. The lowest BCUT2D eigenvalue weighted by Gasteiger charge is -2.32. The Balaban J connectivity index is 1.80. The zero-order valence-electron chi connectivity index (χ0n) is 10.9. The van der Waals surface area contributed by atoms with Gasteiger partial charge in [-0.05, 0) is 25.0 Å². The van der Waals surface area contributed by atoms with Crippen LogP contribution < -0.4 is 5.32 Å². The Hall–Kier alpha value is -1.33. The van der Waals surface area contributed by atoms with Crippen LogP contribution in [0, 0.1) is 0 Å². The largest absolute Gasteiger partial charge is 0.375 e. The van der Waals surface area contributed by atoms with Crippen molar-refractivity contribution in [2.24, 2.45) is 0 Å². The number of halogens is 1. The molecule has 0 bridgehead atoms. The lowest BCUT2D eigenvalue weighted by atomic mass is 10.1. The van der Waals surface area contributed by atoms with Gasteiger partial charge in [-0.25, -0.2) is 4.98 Å². The first-order chi connectivity index (χ1) is 9.19. The highest BCUT2D eigenvalue weighted by Crippen LogP contribution is 2.16. The summed E-state index contributed by atoms with van der Waals surface area (Å²) in [5.41, 5.74) is 0. The normalized spacial score (nSPS) is 16.4. The molecule has 0 atom stereocenters. The summed E-state index contributed by atoms with van der Waals surface area (Å²) in [7, 11) is 1.54. The van der Waals surface area contributed by atoms with Gasteiger partial charge in [0.1, 0.15) is 12.4 Å². The number of carbonyl (C=O) groups is 1. The smallest absolute Gasteiger partial charge is 0.248 e. The molecule has 1 saturated heterocycles. The third kappa shape index (κ3) is 4.08. The van der Waals surface area contributed by atoms with Crippen molar-refractivity contribution in [1.82, 2.24) is 9.88 Å². The fraction of sp³-hybridized carbons (Fsp3) is 0.538. The number of hydrogen-bond acceptors (Lipinski definition) is 4. The molecule has 6 heteroatoms. The van der Waals surface area contributed by atoms with Crippen LogP contribution in [0.15, 0.2) is 18.3 Å². The third-order valence-corrected chi connectivity index (χ3v) is 3.42. The minimum atomic E-state index is 0.0607. The lowest BCUT2D eigenvalue weighted by molar-refractivity contribution is -0.136. The zero-order chi connectivity index (χ0) is 13.7. The highest BCUT2D eigenvalue weighted by molar-refractivity contribution is 6.30. The number of nitrogens with one attached hydrogen (secondary N) is 1. The fourth-order valence-electron chi connectivity index (χ4n) is 2.16. The highest BCUT2D eigenvalue weighted by Gasteiger charge is 2.22. The number of piperidine rings is 1. The van der Waals surface area contributed by atoms with E-state index in [0.29, 0.717) is 11.1 Å². The monoisotopic (exact) mass is 283 g/mol. The van der Waals surface area contributed by atoms with Crippen LogP contribution in [0.2, 0.25) is 5.02 Å². The van der Waals surface area contributed by atoms with E-state index in [0.717, 1.165) is 31.7 Å². The van der Waals surface area contributed by atoms with E-state index in [9.17, 15) is 4.79 Å². The van der Waals surface area contributed by atoms with E-state index in [1.54, 1.807) is 13.3 Å². The number of aromatic nitrogens is 1. The van der Waals surface area contributed by atoms with Gasteiger partial charge in [-0.2, -0.15) is 0 Å². The van der Waals surface area contributed by atoms with Gasteiger partial charge in [0, 0.05) is 32.4 Å². The summed E-state index contributed by atoms with van der Waals surface area (Å²) < 4.78 is 4.86. The second kappa shape index (κ2) is 6.73. The van der Waals surface area contributed by atoms with Crippen LogP contribution in [0.3, 0.4) is 0 Å². The minimum absolute atomic E-state index is 0.0607. The number of likely N-dealkylation sites (tertiary alicyclic amines) is 1. The Morgan fingerprint density at radius 3 is 2.84 bits per heavy atom. The van der Waals surface area contributed by atoms with Crippen molar-refractivity contribution in [1.29, 1.82) is 0 Å². The van der Waals surface area contributed by atoms with Crippen molar-refractivity contribution >= 4 is 23.3 Å². The molecule has 0 aromatic carbocycles. The molecule has 1 fully saturated rings. The highest BCUT2D eigenvalue weighted by atomic mass is 35.5. The summed E-state index contributed by atoms with van der Waals surface area (Å²) >= 11 is 5.79. The predicted molar refractivity (Wildman–Crippen MR) is 74.3 cm³/mol. The number of carbonyl (C=O) groups excluding carboxylic acids is 1. The first kappa shape index (κ1) is 14.1. The molecule has 104 valence electrons. The molecule has 1 N–H and O–H groups in total. The molecule has 1 aromatic heterocycles. The molecule has 1 aliphatic rings. The maximum atomic E-state index is 11.7. The topological polar surface area (TPSA) is 54.5 Å². The number of anilines is 1. The molecule has 2 rings (SSSR count). The van der Waals surface area contributed by atoms with E-state index in [4.69, 9.17) is 16.3 Å². The van der Waals surface area contributed by atoms with Crippen molar-refractivity contribution in [2.75, 3.05) is 32.1 Å². The fourth-order valence-corrected chi connectivity index (χ4v) is 2.27. The SMILES string of the molecule is COCC(=O)N1CCC(Nc2ccc(Cl)cn2)CC1. The number of pyridine rings is 1. The number of methoxy groups -OCH3 is 1. The maximum Gasteiger partial charge on any atom is 0.248 e. The molecular formula is C13H18ClN3O2. The second-order valence-corrected chi connectivity index (χ2v) is 5.03. The van der Waals surface area contributed by atoms with Gasteiger partial charge in [0.15, 0.2) is 0 Å². The van der Waals surface area contributed by atoms with Crippen LogP contribution in [-0.4, -0.2) is 48.6 Å². The van der Waals surface area contributed by atoms with Gasteiger partial charge in [0.05, 0.1) is 5.02 Å². The van der Waals surface area contributed by atoms with Crippen molar-refractivity contribution in [3.8, 4) is 0 Å². The van der Waals surface area contributed by atoms with E-state index in [1.165, 1.54) is 0 Å². The summed E-state index contributed by atoms with van der Waals surface area (Å²) in [6, 6.07) is 4.03. The summed E-state index contributed by atoms with van der Waals surface area (Å²) in [5, 5.41) is 3.99. The van der Waals surface area contributed by atoms with Crippen LogP contribution in [0.5, 0.6) is 0 Å². The molecule has 1 aromatic rings. The van der Waals surface area contributed by atoms with Crippen LogP contribution in [0.1, 0.15) is 12.8 Å². The quantitative estimate of drug-likeness (QED) is 0.915. The van der Waals surface area contributed by atoms with Gasteiger partial charge in [-0.1, -0.05) is 11.6 Å². The average molecular weight is 284 g/mol. The molecule has 1 aliphatic heterocycles. The molecule has 0 unspecified atom stereocenters. The third-order valence-electron chi connectivity index (χ3n) is 3.19. The number of amides is 1. The second-order valence-electron chi connectivity index (χ2n) is 4.59. The van der Waals surface area contributed by atoms with Crippen LogP contribution in [0.4, 0.5) is 5.82 Å². The molecular weight excluding hydrogens is 266 g/mol. The molecule has 5 nitrogen and oxygen atoms in total. The van der Waals surface area contributed by atoms with Gasteiger partial charge >= 0.3 is 0 Å². The number of ether oxygens (including phenoxy) is 1. The number of rotatable bonds is 4. The summed E-state index contributed by atoms with van der Waals surface area (Å²) in [5.74, 6) is 0.886. The molecule has 0 spiro atoms. The van der Waals surface area contributed by atoms with E-state index >= 15 is 0 Å². The van der Waals surface area contributed by atoms with Gasteiger partial charge in [0.25, 0.3) is 0 Å². The van der Waals surface area contributed by atoms with Crippen molar-refractivity contribution in [3.05, 3.63) is 23.4 Å². The molecule has 19 heavy (non-hydrogen) atoms. The number of nitrogens with zero attached hydrogens (tertiary/aromatic N) is 2. The first-order valence-electron chi connectivity index (χ1n) is 6.34. The van der Waals surface area contributed by atoms with Crippen LogP contribution >= 0.6 is 11.6 Å². The molecule has 2 heterocycles. The molecule has 0 radical (unpaired) electrons. The summed E-state index contributed by atoms with van der Waals surface area (Å²) in [6.07, 6.45) is 3.46. The predicted octanol–water partition coefficient (Wildman–Crippen LogP) is 1.78. The van der Waals surface area contributed by atoms with E-state index in [2.05, 4.69) is 10.3 Å². The van der Waals surface area contributed by atoms with Crippen molar-refractivity contribution in [2.45, 2.75) is 18.9 Å². The van der Waals surface area contributed by atoms with Gasteiger partial charge in [-0.15, -0.1) is 0 Å². The zero-order valence-corrected chi connectivity index (χ0v) is 11.7. The number of hydrogen-bond donors (Lipinski definition) is 1. The molecule has 0 aliphatic carbocycles. The Kier molecular flexibility index (Phi) is 4.99. The van der Waals surface area contributed by atoms with Gasteiger partial charge < -0.3 is 15.0 Å². The molecule has 0 saturated carbocycles. The average Bonchev–Trinajstić information content (AvgIpc) is 2.42. The Labute approximate surface area is 117 Å². The Morgan fingerprint density at radius 2 is 2.26 bits per heavy atom. The van der Waals surface area contributed by atoms with Gasteiger partial charge in [0.2, 0.25) is 5.91 Å². The van der Waals surface area contributed by atoms with Crippen LogP contribution in [-0.2, 0) is 9.53 Å². The minimum Gasteiger partial charge on any atom is -0.375 e. The first-order valence-corrected chi connectivity index (χ1v) is 6.71. The van der Waals surface area contributed by atoms with Crippen molar-refractivity contribution < 1.29 is 9.53 Å². The summed E-state index contributed by atoms with van der Waals surface area (Å²) in [4.78, 5) is 17.7. The maximum absolute atomic E-state index is 11.7. The standard InChI is InChI=1S/C13H18ClN3O2/c1-19-9-13(18)17-6-4-11(5-7-17)16-12-3-2-10(14)8-15-12/h2-3,8,11H,4-7,9H2,1H3,(H,15,16). The Morgan fingerprint density at radius 1 is 1.53 bits per heavy atom. The van der Waals surface area contributed by atoms with Crippen LogP contribution in [0.25, 0.3) is 0 Å². The Bertz CT molecular complexity index is 416. The summed E-state index contributed by atoms with van der Waals surface area (Å²) in [6.45, 7) is 1.68. The van der Waals surface area contributed by atoms with E-state index < -0.39 is 0 Å².